The van der Waals surface area contributed by atoms with E-state index in [1.165, 1.54) is 55.9 Å². The van der Waals surface area contributed by atoms with E-state index in [1.54, 1.807) is 0 Å². The number of aliphatic hydroxyl groups excluding tert-OH is 1. The highest BCUT2D eigenvalue weighted by atomic mass is 32.2. The summed E-state index contributed by atoms with van der Waals surface area (Å²) in [4.78, 5) is 40.3. The van der Waals surface area contributed by atoms with Crippen molar-refractivity contribution in [1.82, 2.24) is 4.90 Å². The van der Waals surface area contributed by atoms with Crippen molar-refractivity contribution in [3.8, 4) is 0 Å². The average Bonchev–Trinajstić information content (AvgIpc) is 3.21. The Morgan fingerprint density at radius 1 is 1.20 bits per heavy atom. The van der Waals surface area contributed by atoms with Gasteiger partial charge in [-0.05, 0) is 17.8 Å². The van der Waals surface area contributed by atoms with Crippen LogP contribution >= 0.6 is 11.8 Å². The minimum atomic E-state index is -1.58. The van der Waals surface area contributed by atoms with Gasteiger partial charge in [0, 0.05) is 12.2 Å². The predicted octanol–water partition coefficient (Wildman–Crippen LogP) is 4.38. The number of Topliss-reactive ketones (excluding diaryl/α,β-unsaturated/α-hetero) is 1. The minimum absolute atomic E-state index is 0.192. The molecule has 1 N–H and O–H groups in total. The SMILES string of the molecule is COC(=O)[C@]12CS[C@H](C(C)(C)C)N1C(=O)C(C(=O)CCCCC1CCCCC1)=C2O. The molecule has 0 radical (unpaired) electrons. The molecule has 3 rings (SSSR count). The standard InChI is InChI=1S/C23H35NO5S/c1-22(2,3)20-24-19(27)17(18(26)23(24,14-30-20)21(28)29-4)16(25)13-9-8-12-15-10-6-5-7-11-15/h15,20,26H,5-14H2,1-4H3/t20-,23-/m1/s1. The number of fused-ring (bicyclic) bond motifs is 1. The van der Waals surface area contributed by atoms with Crippen LogP contribution in [0.5, 0.6) is 0 Å². The highest BCUT2D eigenvalue weighted by Crippen LogP contribution is 2.52. The van der Waals surface area contributed by atoms with Crippen LogP contribution in [-0.4, -0.2) is 51.4 Å². The van der Waals surface area contributed by atoms with E-state index in [0.29, 0.717) is 6.42 Å². The molecule has 3 aliphatic rings. The number of nitrogens with zero attached hydrogens (tertiary/aromatic N) is 1. The summed E-state index contributed by atoms with van der Waals surface area (Å²) in [6.07, 6.45) is 9.48. The molecule has 7 heteroatoms. The molecular weight excluding hydrogens is 402 g/mol. The molecule has 30 heavy (non-hydrogen) atoms. The Bertz CT molecular complexity index is 734. The number of hydrogen-bond acceptors (Lipinski definition) is 6. The molecule has 2 fully saturated rings. The third kappa shape index (κ3) is 4.02. The molecule has 0 aromatic carbocycles. The van der Waals surface area contributed by atoms with E-state index >= 15 is 0 Å². The maximum Gasteiger partial charge on any atom is 0.340 e. The number of rotatable bonds is 7. The van der Waals surface area contributed by atoms with Gasteiger partial charge in [0.25, 0.3) is 5.91 Å². The maximum absolute atomic E-state index is 13.3. The van der Waals surface area contributed by atoms with E-state index in [4.69, 9.17) is 4.74 Å². The van der Waals surface area contributed by atoms with Crippen LogP contribution in [-0.2, 0) is 19.1 Å². The predicted molar refractivity (Wildman–Crippen MR) is 117 cm³/mol. The van der Waals surface area contributed by atoms with Gasteiger partial charge in [-0.3, -0.25) is 9.59 Å². The third-order valence-electron chi connectivity index (χ3n) is 6.69. The lowest BCUT2D eigenvalue weighted by Crippen LogP contribution is -2.56. The van der Waals surface area contributed by atoms with E-state index in [2.05, 4.69) is 0 Å². The summed E-state index contributed by atoms with van der Waals surface area (Å²) in [7, 11) is 1.24. The van der Waals surface area contributed by atoms with Crippen molar-refractivity contribution in [2.75, 3.05) is 12.9 Å². The third-order valence-corrected chi connectivity index (χ3v) is 8.51. The second kappa shape index (κ2) is 8.93. The molecule has 1 saturated carbocycles. The molecule has 0 unspecified atom stereocenters. The first kappa shape index (κ1) is 23.2. The molecule has 1 amide bonds. The number of esters is 1. The van der Waals surface area contributed by atoms with Crippen LogP contribution in [0.1, 0.15) is 78.6 Å². The van der Waals surface area contributed by atoms with Crippen molar-refractivity contribution in [2.45, 2.75) is 89.5 Å². The second-order valence-electron chi connectivity index (χ2n) is 9.95. The Kier molecular flexibility index (Phi) is 6.90. The number of aliphatic hydroxyl groups is 1. The molecule has 1 saturated heterocycles. The van der Waals surface area contributed by atoms with Crippen molar-refractivity contribution in [1.29, 1.82) is 0 Å². The van der Waals surface area contributed by atoms with Gasteiger partial charge in [-0.15, -0.1) is 11.8 Å². The van der Waals surface area contributed by atoms with Gasteiger partial charge in [0.15, 0.2) is 5.78 Å². The first-order chi connectivity index (χ1) is 14.1. The number of ether oxygens (including phenoxy) is 1. The summed E-state index contributed by atoms with van der Waals surface area (Å²) in [6, 6.07) is 0. The number of carbonyl (C=O) groups is 3. The molecule has 2 aliphatic heterocycles. The van der Waals surface area contributed by atoms with Crippen LogP contribution in [0.4, 0.5) is 0 Å². The smallest absolute Gasteiger partial charge is 0.340 e. The summed E-state index contributed by atoms with van der Waals surface area (Å²) in [5.41, 5.74) is -2.12. The van der Waals surface area contributed by atoms with Gasteiger partial charge >= 0.3 is 5.97 Å². The molecule has 2 heterocycles. The molecule has 6 nitrogen and oxygen atoms in total. The normalized spacial score (nSPS) is 27.5. The summed E-state index contributed by atoms with van der Waals surface area (Å²) in [5, 5.41) is 10.6. The Morgan fingerprint density at radius 2 is 1.87 bits per heavy atom. The Morgan fingerprint density at radius 3 is 2.47 bits per heavy atom. The topological polar surface area (TPSA) is 83.9 Å². The average molecular weight is 438 g/mol. The second-order valence-corrected chi connectivity index (χ2v) is 11.0. The summed E-state index contributed by atoms with van der Waals surface area (Å²) < 4.78 is 4.96. The van der Waals surface area contributed by atoms with Gasteiger partial charge < -0.3 is 14.7 Å². The molecule has 0 spiro atoms. The van der Waals surface area contributed by atoms with Crippen LogP contribution in [0, 0.1) is 11.3 Å². The zero-order valence-electron chi connectivity index (χ0n) is 18.7. The molecule has 2 atom stereocenters. The molecule has 0 aromatic heterocycles. The van der Waals surface area contributed by atoms with Gasteiger partial charge in [-0.2, -0.15) is 0 Å². The van der Waals surface area contributed by atoms with E-state index < -0.39 is 23.2 Å². The van der Waals surface area contributed by atoms with Crippen molar-refractivity contribution < 1.29 is 24.2 Å². The molecule has 168 valence electrons. The quantitative estimate of drug-likeness (QED) is 0.361. The minimum Gasteiger partial charge on any atom is -0.508 e. The van der Waals surface area contributed by atoms with Crippen LogP contribution in [0.25, 0.3) is 0 Å². The number of ketones is 1. The summed E-state index contributed by atoms with van der Waals surface area (Å²) in [6.45, 7) is 5.94. The lowest BCUT2D eigenvalue weighted by atomic mass is 9.85. The highest BCUT2D eigenvalue weighted by Gasteiger charge is 2.66. The number of hydrogen-bond donors (Lipinski definition) is 1. The number of carbonyl (C=O) groups excluding carboxylic acids is 3. The Hall–Kier alpha value is -1.50. The van der Waals surface area contributed by atoms with Crippen LogP contribution in [0.15, 0.2) is 11.3 Å². The number of methoxy groups -OCH3 is 1. The number of thioether (sulfide) groups is 1. The maximum atomic E-state index is 13.3. The molecule has 1 aliphatic carbocycles. The Balaban J connectivity index is 1.73. The van der Waals surface area contributed by atoms with Gasteiger partial charge in [-0.25, -0.2) is 4.79 Å². The fourth-order valence-electron chi connectivity index (χ4n) is 5.07. The van der Waals surface area contributed by atoms with E-state index in [9.17, 15) is 19.5 Å². The van der Waals surface area contributed by atoms with Crippen molar-refractivity contribution in [3.05, 3.63) is 11.3 Å². The molecular formula is C23H35NO5S. The molecule has 0 bridgehead atoms. The lowest BCUT2D eigenvalue weighted by molar-refractivity contribution is -0.157. The zero-order valence-corrected chi connectivity index (χ0v) is 19.5. The monoisotopic (exact) mass is 437 g/mol. The first-order valence-corrected chi connectivity index (χ1v) is 12.2. The number of unbranched alkanes of at least 4 members (excludes halogenated alkanes) is 1. The van der Waals surface area contributed by atoms with Gasteiger partial charge in [0.05, 0.1) is 12.5 Å². The van der Waals surface area contributed by atoms with Gasteiger partial charge in [0.1, 0.15) is 11.3 Å². The fourth-order valence-corrected chi connectivity index (χ4v) is 6.78. The summed E-state index contributed by atoms with van der Waals surface area (Å²) in [5.74, 6) is -1.06. The van der Waals surface area contributed by atoms with Crippen LogP contribution < -0.4 is 0 Å². The van der Waals surface area contributed by atoms with Crippen molar-refractivity contribution in [3.63, 3.8) is 0 Å². The lowest BCUT2D eigenvalue weighted by Gasteiger charge is -2.37. The number of amides is 1. The van der Waals surface area contributed by atoms with Gasteiger partial charge in [-0.1, -0.05) is 65.7 Å². The van der Waals surface area contributed by atoms with Crippen LogP contribution in [0.2, 0.25) is 0 Å². The van der Waals surface area contributed by atoms with Crippen molar-refractivity contribution >= 4 is 29.4 Å². The van der Waals surface area contributed by atoms with E-state index in [1.807, 2.05) is 20.8 Å². The summed E-state index contributed by atoms with van der Waals surface area (Å²) >= 11 is 1.44. The fraction of sp³-hybridized carbons (Fsp3) is 0.783. The van der Waals surface area contributed by atoms with E-state index in [0.717, 1.165) is 18.8 Å². The van der Waals surface area contributed by atoms with Crippen LogP contribution in [0.3, 0.4) is 0 Å². The van der Waals surface area contributed by atoms with E-state index in [-0.39, 0.29) is 34.3 Å². The zero-order chi connectivity index (χ0) is 22.1. The largest absolute Gasteiger partial charge is 0.508 e. The highest BCUT2D eigenvalue weighted by molar-refractivity contribution is 8.00. The van der Waals surface area contributed by atoms with Crippen molar-refractivity contribution in [2.24, 2.45) is 11.3 Å². The first-order valence-electron chi connectivity index (χ1n) is 11.1. The Labute approximate surface area is 183 Å². The molecule has 0 aromatic rings. The van der Waals surface area contributed by atoms with Gasteiger partial charge in [0.2, 0.25) is 5.54 Å².